The van der Waals surface area contributed by atoms with Gasteiger partial charge in [-0.25, -0.2) is 0 Å². The minimum absolute atomic E-state index is 0.0365. The molecule has 2 heteroatoms. The van der Waals surface area contributed by atoms with Gasteiger partial charge in [0.25, 0.3) is 0 Å². The van der Waals surface area contributed by atoms with Crippen LogP contribution in [0, 0.1) is 10.8 Å². The molecule has 132 valence electrons. The quantitative estimate of drug-likeness (QED) is 0.419. The van der Waals surface area contributed by atoms with Crippen molar-refractivity contribution < 1.29 is 9.15 Å². The Morgan fingerprint density at radius 3 is 2.08 bits per heavy atom. The molecule has 0 aliphatic heterocycles. The summed E-state index contributed by atoms with van der Waals surface area (Å²) in [6.45, 7) is 16.3. The van der Waals surface area contributed by atoms with Crippen LogP contribution in [-0.2, 0) is 5.41 Å². The third-order valence-corrected chi connectivity index (χ3v) is 6.36. The Balaban J connectivity index is 2.17. The van der Waals surface area contributed by atoms with Gasteiger partial charge in [0.2, 0.25) is 11.2 Å². The van der Waals surface area contributed by atoms with E-state index in [-0.39, 0.29) is 16.2 Å². The summed E-state index contributed by atoms with van der Waals surface area (Å²) < 4.78 is 10.8. The molecule has 0 N–H and O–H groups in total. The molecule has 0 radical (unpaired) electrons. The van der Waals surface area contributed by atoms with Crippen LogP contribution in [0.3, 0.4) is 0 Å². The summed E-state index contributed by atoms with van der Waals surface area (Å²) in [6.07, 6.45) is 0. The minimum atomic E-state index is -0.143. The third kappa shape index (κ3) is 2.03. The molecule has 0 amide bonds. The van der Waals surface area contributed by atoms with E-state index in [9.17, 15) is 0 Å². The van der Waals surface area contributed by atoms with Gasteiger partial charge in [0, 0.05) is 16.9 Å². The molecule has 1 aliphatic rings. The molecule has 2 nitrogen and oxygen atoms in total. The van der Waals surface area contributed by atoms with E-state index in [1.165, 1.54) is 22.3 Å². The van der Waals surface area contributed by atoms with Crippen LogP contribution in [-0.4, -0.2) is 0 Å². The van der Waals surface area contributed by atoms with E-state index in [4.69, 9.17) is 9.15 Å². The molecule has 2 unspecified atom stereocenters. The largest absolute Gasteiger partial charge is 0.286 e. The van der Waals surface area contributed by atoms with E-state index >= 15 is 0 Å². The fourth-order valence-electron chi connectivity index (χ4n) is 4.75. The Hall–Kier alpha value is -1.96. The first-order chi connectivity index (χ1) is 11.6. The van der Waals surface area contributed by atoms with Crippen LogP contribution >= 0.6 is 0 Å². The second kappa shape index (κ2) is 4.81. The molecule has 1 aliphatic carbocycles. The van der Waals surface area contributed by atoms with Crippen LogP contribution in [0.5, 0.6) is 0 Å². The van der Waals surface area contributed by atoms with Gasteiger partial charge in [-0.3, -0.25) is 9.15 Å². The fourth-order valence-corrected chi connectivity index (χ4v) is 4.75. The van der Waals surface area contributed by atoms with Crippen LogP contribution in [0.15, 0.2) is 45.6 Å². The van der Waals surface area contributed by atoms with Gasteiger partial charge in [-0.2, -0.15) is 0 Å². The number of hydrogen-bond acceptors (Lipinski definition) is 2. The molecule has 3 aromatic rings. The third-order valence-electron chi connectivity index (χ3n) is 6.36. The summed E-state index contributed by atoms with van der Waals surface area (Å²) in [5, 5.41) is 0. The van der Waals surface area contributed by atoms with Crippen LogP contribution in [0.4, 0.5) is 0 Å². The fraction of sp³-hybridized carbons (Fsp3) is 0.478. The van der Waals surface area contributed by atoms with Crippen molar-refractivity contribution >= 4 is 11.2 Å². The highest BCUT2D eigenvalue weighted by Gasteiger charge is 2.51. The normalized spacial score (nSPS) is 23.6. The van der Waals surface area contributed by atoms with Crippen LogP contribution in [0.25, 0.3) is 11.2 Å². The molecule has 0 bridgehead atoms. The first kappa shape index (κ1) is 16.5. The summed E-state index contributed by atoms with van der Waals surface area (Å²) in [7, 11) is 0. The summed E-state index contributed by atoms with van der Waals surface area (Å²) in [5.74, 6) is 0.337. The zero-order chi connectivity index (χ0) is 18.2. The SMILES string of the molecule is CC(C)(C)C1c2ccccc2C(C)(C(C)(C)C)c2c1ccc1ooc21. The van der Waals surface area contributed by atoms with E-state index in [1.807, 2.05) is 0 Å². The van der Waals surface area contributed by atoms with Crippen molar-refractivity contribution in [1.82, 2.24) is 0 Å². The molecule has 0 fully saturated rings. The van der Waals surface area contributed by atoms with Gasteiger partial charge in [0.1, 0.15) is 0 Å². The Morgan fingerprint density at radius 1 is 0.840 bits per heavy atom. The smallest absolute Gasteiger partial charge is 0.230 e. The van der Waals surface area contributed by atoms with Gasteiger partial charge < -0.3 is 0 Å². The van der Waals surface area contributed by atoms with Crippen LogP contribution < -0.4 is 0 Å². The van der Waals surface area contributed by atoms with Crippen molar-refractivity contribution in [3.8, 4) is 0 Å². The zero-order valence-electron chi connectivity index (χ0n) is 16.4. The van der Waals surface area contributed by atoms with E-state index < -0.39 is 0 Å². The Bertz CT molecular complexity index is 943. The molecule has 2 atom stereocenters. The highest BCUT2D eigenvalue weighted by molar-refractivity contribution is 5.81. The second-order valence-electron chi connectivity index (χ2n) is 9.79. The van der Waals surface area contributed by atoms with Gasteiger partial charge in [-0.15, -0.1) is 0 Å². The number of hydrogen-bond donors (Lipinski definition) is 0. The lowest BCUT2D eigenvalue weighted by atomic mass is 9.52. The molecule has 25 heavy (non-hydrogen) atoms. The van der Waals surface area contributed by atoms with E-state index in [1.54, 1.807) is 0 Å². The molecule has 0 saturated heterocycles. The van der Waals surface area contributed by atoms with Gasteiger partial charge in [0.05, 0.1) is 0 Å². The molecule has 0 spiro atoms. The van der Waals surface area contributed by atoms with Gasteiger partial charge in [-0.05, 0) is 33.6 Å². The predicted molar refractivity (Wildman–Crippen MR) is 102 cm³/mol. The molecule has 2 aromatic carbocycles. The number of fused-ring (bicyclic) bond motifs is 4. The van der Waals surface area contributed by atoms with Crippen molar-refractivity contribution in [1.29, 1.82) is 0 Å². The lowest BCUT2D eigenvalue weighted by Crippen LogP contribution is -2.44. The highest BCUT2D eigenvalue weighted by atomic mass is 17.0. The monoisotopic (exact) mass is 336 g/mol. The van der Waals surface area contributed by atoms with Crippen LogP contribution in [0.2, 0.25) is 0 Å². The number of rotatable bonds is 0. The summed E-state index contributed by atoms with van der Waals surface area (Å²) in [4.78, 5) is 0. The molecular weight excluding hydrogens is 308 g/mol. The van der Waals surface area contributed by atoms with Gasteiger partial charge in [-0.1, -0.05) is 78.8 Å². The highest BCUT2D eigenvalue weighted by Crippen LogP contribution is 2.59. The maximum atomic E-state index is 5.54. The first-order valence-corrected chi connectivity index (χ1v) is 9.18. The lowest BCUT2D eigenvalue weighted by Gasteiger charge is -2.51. The molecule has 0 saturated carbocycles. The van der Waals surface area contributed by atoms with Crippen molar-refractivity contribution in [3.63, 3.8) is 0 Å². The topological polar surface area (TPSA) is 26.3 Å². The van der Waals surface area contributed by atoms with Crippen molar-refractivity contribution in [3.05, 3.63) is 58.7 Å². The summed E-state index contributed by atoms with van der Waals surface area (Å²) >= 11 is 0. The Morgan fingerprint density at radius 2 is 1.52 bits per heavy atom. The second-order valence-corrected chi connectivity index (χ2v) is 9.79. The minimum Gasteiger partial charge on any atom is -0.286 e. The standard InChI is InChI=1S/C23H28O2/c1-21(2,3)18-14-10-8-9-11-16(14)23(7,22(4,5)6)19-15(18)12-13-17-20(19)25-24-17/h8-13,18H,1-7H3. The van der Waals surface area contributed by atoms with Gasteiger partial charge >= 0.3 is 0 Å². The average Bonchev–Trinajstić information content (AvgIpc) is 2.46. The zero-order valence-corrected chi connectivity index (χ0v) is 16.4. The first-order valence-electron chi connectivity index (χ1n) is 9.18. The molecule has 1 heterocycles. The molecular formula is C23H28O2. The van der Waals surface area contributed by atoms with E-state index in [2.05, 4.69) is 84.9 Å². The van der Waals surface area contributed by atoms with Crippen molar-refractivity contribution in [2.45, 2.75) is 59.8 Å². The van der Waals surface area contributed by atoms with Gasteiger partial charge in [0.15, 0.2) is 0 Å². The van der Waals surface area contributed by atoms with Crippen molar-refractivity contribution in [2.24, 2.45) is 10.8 Å². The number of benzene rings is 2. The maximum Gasteiger partial charge on any atom is 0.230 e. The average molecular weight is 336 g/mol. The predicted octanol–water partition coefficient (Wildman–Crippen LogP) is 6.87. The maximum absolute atomic E-state index is 5.54. The molecule has 4 rings (SSSR count). The Labute approximate surface area is 150 Å². The lowest BCUT2D eigenvalue weighted by molar-refractivity contribution is 0.0554. The van der Waals surface area contributed by atoms with E-state index in [0.29, 0.717) is 5.92 Å². The van der Waals surface area contributed by atoms with Crippen molar-refractivity contribution in [2.75, 3.05) is 0 Å². The van der Waals surface area contributed by atoms with Crippen LogP contribution in [0.1, 0.15) is 76.6 Å². The Kier molecular flexibility index (Phi) is 3.18. The molecule has 1 aromatic heterocycles. The summed E-state index contributed by atoms with van der Waals surface area (Å²) in [6, 6.07) is 13.3. The summed E-state index contributed by atoms with van der Waals surface area (Å²) in [5.41, 5.74) is 7.35. The van der Waals surface area contributed by atoms with E-state index in [0.717, 1.165) is 11.2 Å².